The second-order valence-corrected chi connectivity index (χ2v) is 6.40. The van der Waals surface area contributed by atoms with E-state index in [0.717, 1.165) is 0 Å². The molecule has 0 aromatic carbocycles. The average molecular weight is 366 g/mol. The zero-order valence-corrected chi connectivity index (χ0v) is 14.0. The second kappa shape index (κ2) is 13.8. The number of rotatable bonds is 5. The molecule has 0 radical (unpaired) electrons. The molecule has 0 bridgehead atoms. The largest absolute Gasteiger partial charge is 0.394 e. The minimum atomic E-state index is -1.79. The van der Waals surface area contributed by atoms with Crippen LogP contribution in [0, 0.1) is 0 Å². The highest BCUT2D eigenvalue weighted by molar-refractivity contribution is 8.34. The summed E-state index contributed by atoms with van der Waals surface area (Å²) in [6, 6.07) is 0. The number of aliphatic hydroxyl groups is 7. The fourth-order valence-corrected chi connectivity index (χ4v) is 0.618. The Morgan fingerprint density at radius 3 is 1.62 bits per heavy atom. The fourth-order valence-electron chi connectivity index (χ4n) is 0.618. The minimum Gasteiger partial charge on any atom is -0.394 e. The highest BCUT2D eigenvalue weighted by Crippen LogP contribution is 2.02. The number of thiol groups is 2. The highest BCUT2D eigenvalue weighted by atomic mass is 32.2. The van der Waals surface area contributed by atoms with Crippen LogP contribution >= 0.6 is 37.5 Å². The minimum absolute atomic E-state index is 0.0258. The Labute approximate surface area is 138 Å². The van der Waals surface area contributed by atoms with E-state index >= 15 is 0 Å². The molecule has 0 aliphatic rings. The molecule has 11 heteroatoms. The predicted octanol–water partition coefficient (Wildman–Crippen LogP) is -2.54. The average Bonchev–Trinajstić information content (AvgIpc) is 2.32. The first-order valence-electron chi connectivity index (χ1n) is 5.42. The van der Waals surface area contributed by atoms with Gasteiger partial charge in [0.2, 0.25) is 0 Å². The van der Waals surface area contributed by atoms with E-state index < -0.39 is 36.8 Å². The maximum atomic E-state index is 9.90. The van der Waals surface area contributed by atoms with Gasteiger partial charge in [-0.15, -0.1) is 25.3 Å². The molecule has 0 fully saturated rings. The summed E-state index contributed by atoms with van der Waals surface area (Å²) in [6.07, 6.45) is -6.84. The van der Waals surface area contributed by atoms with E-state index in [4.69, 9.17) is 35.7 Å². The molecule has 0 aliphatic carbocycles. The van der Waals surface area contributed by atoms with Crippen LogP contribution in [-0.2, 0) is 4.79 Å². The molecular weight excluding hydrogens is 344 g/mol. The van der Waals surface area contributed by atoms with Crippen molar-refractivity contribution in [1.82, 2.24) is 0 Å². The fraction of sp³-hybridized carbons (Fsp3) is 0.800. The maximum Gasteiger partial charge on any atom is 0.156 e. The summed E-state index contributed by atoms with van der Waals surface area (Å²) >= 11 is 11.4. The quantitative estimate of drug-likeness (QED) is 0.111. The van der Waals surface area contributed by atoms with Crippen LogP contribution in [0.25, 0.3) is 0 Å². The molecule has 0 aromatic rings. The van der Waals surface area contributed by atoms with E-state index in [-0.39, 0.29) is 6.29 Å². The monoisotopic (exact) mass is 366 g/mol. The van der Waals surface area contributed by atoms with E-state index in [9.17, 15) is 4.79 Å². The van der Waals surface area contributed by atoms with Crippen LogP contribution in [0.3, 0.4) is 0 Å². The van der Waals surface area contributed by atoms with Crippen LogP contribution in [0.4, 0.5) is 0 Å². The lowest BCUT2D eigenvalue weighted by molar-refractivity contribution is -0.136. The van der Waals surface area contributed by atoms with Crippen molar-refractivity contribution in [2.45, 2.75) is 44.1 Å². The van der Waals surface area contributed by atoms with Gasteiger partial charge in [0, 0.05) is 0 Å². The van der Waals surface area contributed by atoms with Crippen LogP contribution in [-0.4, -0.2) is 82.4 Å². The van der Waals surface area contributed by atoms with Crippen molar-refractivity contribution < 1.29 is 40.5 Å². The standard InChI is InChI=1S/C6H12O6.C3H8O2.CH2S3/c7-1-3(9)5(11)6(12)4(10)2-8;1-3(2,4)5;2-1(3)4/h1,3-6,8-12H,2H2;4-5H,1-2H3;(H2,2,3,4). The molecule has 0 spiro atoms. The Kier molecular flexibility index (Phi) is 17.2. The molecule has 0 rings (SSSR count). The summed E-state index contributed by atoms with van der Waals surface area (Å²) in [7, 11) is 0. The van der Waals surface area contributed by atoms with Crippen molar-refractivity contribution >= 4 is 47.3 Å². The van der Waals surface area contributed by atoms with Gasteiger partial charge in [0.25, 0.3) is 0 Å². The number of hydrogen-bond donors (Lipinski definition) is 9. The van der Waals surface area contributed by atoms with Gasteiger partial charge in [-0.1, -0.05) is 12.2 Å². The Bertz CT molecular complexity index is 274. The van der Waals surface area contributed by atoms with Crippen molar-refractivity contribution in [3.63, 3.8) is 0 Å². The van der Waals surface area contributed by atoms with Crippen LogP contribution < -0.4 is 0 Å². The lowest BCUT2D eigenvalue weighted by Crippen LogP contribution is -2.46. The Balaban J connectivity index is -0.000000297. The highest BCUT2D eigenvalue weighted by Gasteiger charge is 2.29. The van der Waals surface area contributed by atoms with Crippen molar-refractivity contribution in [2.24, 2.45) is 0 Å². The topological polar surface area (TPSA) is 159 Å². The van der Waals surface area contributed by atoms with E-state index in [2.05, 4.69) is 37.5 Å². The van der Waals surface area contributed by atoms with Gasteiger partial charge < -0.3 is 40.5 Å². The van der Waals surface area contributed by atoms with Crippen molar-refractivity contribution in [3.8, 4) is 0 Å². The predicted molar refractivity (Wildman–Crippen MR) is 86.3 cm³/mol. The third kappa shape index (κ3) is 25.5. The summed E-state index contributed by atoms with van der Waals surface area (Å²) in [4.78, 5) is 9.90. The first-order chi connectivity index (χ1) is 9.27. The van der Waals surface area contributed by atoms with E-state index in [0.29, 0.717) is 3.53 Å². The number of aliphatic hydroxyl groups excluding tert-OH is 5. The van der Waals surface area contributed by atoms with Gasteiger partial charge in [0.05, 0.1) is 10.1 Å². The number of aldehydes is 1. The molecular formula is C10H22O8S3. The van der Waals surface area contributed by atoms with Crippen LogP contribution in [0.5, 0.6) is 0 Å². The molecule has 0 aromatic heterocycles. The van der Waals surface area contributed by atoms with Gasteiger partial charge in [0.15, 0.2) is 12.1 Å². The summed E-state index contributed by atoms with van der Waals surface area (Å²) in [5, 5.41) is 59.7. The number of carbonyl (C=O) groups excluding carboxylic acids is 1. The summed E-state index contributed by atoms with van der Waals surface area (Å²) in [5.41, 5.74) is 0. The van der Waals surface area contributed by atoms with Crippen molar-refractivity contribution in [1.29, 1.82) is 0 Å². The molecule has 21 heavy (non-hydrogen) atoms. The van der Waals surface area contributed by atoms with Gasteiger partial charge >= 0.3 is 0 Å². The molecule has 0 heterocycles. The van der Waals surface area contributed by atoms with Gasteiger partial charge in [-0.25, -0.2) is 0 Å². The smallest absolute Gasteiger partial charge is 0.156 e. The normalized spacial score (nSPS) is 16.1. The Hall–Kier alpha value is 0.180. The molecule has 4 atom stereocenters. The molecule has 0 amide bonds. The van der Waals surface area contributed by atoms with E-state index in [1.807, 2.05) is 0 Å². The lowest BCUT2D eigenvalue weighted by Gasteiger charge is -2.22. The van der Waals surface area contributed by atoms with Crippen molar-refractivity contribution in [2.75, 3.05) is 6.61 Å². The van der Waals surface area contributed by atoms with Crippen molar-refractivity contribution in [3.05, 3.63) is 0 Å². The van der Waals surface area contributed by atoms with Crippen LogP contribution in [0.15, 0.2) is 0 Å². The lowest BCUT2D eigenvalue weighted by atomic mass is 10.0. The number of carbonyl (C=O) groups is 1. The van der Waals surface area contributed by atoms with Crippen LogP contribution in [0.1, 0.15) is 13.8 Å². The summed E-state index contributed by atoms with van der Waals surface area (Å²) in [6.45, 7) is 1.84. The molecule has 0 saturated carbocycles. The first kappa shape index (κ1) is 26.1. The zero-order valence-electron chi connectivity index (χ0n) is 11.4. The number of thiocarbonyl (C=S) groups is 1. The first-order valence-corrected chi connectivity index (χ1v) is 6.73. The van der Waals surface area contributed by atoms with E-state index in [1.54, 1.807) is 0 Å². The summed E-state index contributed by atoms with van der Waals surface area (Å²) in [5.74, 6) is -1.50. The molecule has 8 nitrogen and oxygen atoms in total. The molecule has 0 saturated heterocycles. The van der Waals surface area contributed by atoms with Gasteiger partial charge in [-0.3, -0.25) is 0 Å². The summed E-state index contributed by atoms with van der Waals surface area (Å²) < 4.78 is 0.389. The zero-order chi connectivity index (χ0) is 17.8. The third-order valence-corrected chi connectivity index (χ3v) is 1.42. The molecule has 0 aliphatic heterocycles. The molecule has 7 N–H and O–H groups in total. The SMILES string of the molecule is CC(C)(O)O.O=CC(O)C(O)C(O)C(O)CO.S=C(S)S. The van der Waals surface area contributed by atoms with Gasteiger partial charge in [-0.05, 0) is 13.8 Å². The van der Waals surface area contributed by atoms with E-state index in [1.165, 1.54) is 13.8 Å². The van der Waals surface area contributed by atoms with Gasteiger partial charge in [0.1, 0.15) is 24.4 Å². The third-order valence-electron chi connectivity index (χ3n) is 1.42. The Morgan fingerprint density at radius 1 is 1.14 bits per heavy atom. The number of hydrogen-bond acceptors (Lipinski definition) is 9. The molecule has 128 valence electrons. The molecule has 4 unspecified atom stereocenters. The maximum absolute atomic E-state index is 9.90. The second-order valence-electron chi connectivity index (χ2n) is 4.13. The van der Waals surface area contributed by atoms with Crippen LogP contribution in [0.2, 0.25) is 0 Å². The Morgan fingerprint density at radius 2 is 1.43 bits per heavy atom. The van der Waals surface area contributed by atoms with Gasteiger partial charge in [-0.2, -0.15) is 0 Å².